The summed E-state index contributed by atoms with van der Waals surface area (Å²) in [7, 11) is 0. The van der Waals surface area contributed by atoms with Gasteiger partial charge in [0.05, 0.1) is 0 Å². The zero-order valence-corrected chi connectivity index (χ0v) is 15.5. The van der Waals surface area contributed by atoms with Crippen molar-refractivity contribution in [2.45, 2.75) is 32.7 Å². The zero-order chi connectivity index (χ0) is 10.0. The van der Waals surface area contributed by atoms with Crippen LogP contribution in [0.4, 0.5) is 0 Å². The van der Waals surface area contributed by atoms with Gasteiger partial charge < -0.3 is 13.2 Å². The van der Waals surface area contributed by atoms with Gasteiger partial charge in [-0.25, -0.2) is 12.2 Å². The zero-order valence-electron chi connectivity index (χ0n) is 9.96. The van der Waals surface area contributed by atoms with E-state index in [4.69, 9.17) is 5.73 Å². The van der Waals surface area contributed by atoms with Crippen molar-refractivity contribution < 1.29 is 23.3 Å². The summed E-state index contributed by atoms with van der Waals surface area (Å²) in [5.41, 5.74) is 6.69. The molecule has 92 valence electrons. The molecule has 15 heavy (non-hydrogen) atoms. The molecule has 1 nitrogen and oxygen atoms in total. The molecule has 0 heterocycles. The van der Waals surface area contributed by atoms with Gasteiger partial charge >= 0.3 is 30.2 Å². The summed E-state index contributed by atoms with van der Waals surface area (Å²) in [6, 6.07) is 0. The Morgan fingerprint density at radius 2 is 1.60 bits per heavy atom. The molecule has 0 saturated heterocycles. The van der Waals surface area contributed by atoms with E-state index in [0.29, 0.717) is 0 Å². The van der Waals surface area contributed by atoms with E-state index < -0.39 is 0 Å². The van der Waals surface area contributed by atoms with E-state index in [1.807, 2.05) is 39.8 Å². The van der Waals surface area contributed by atoms with Crippen molar-refractivity contribution in [3.05, 3.63) is 37.5 Å². The standard InChI is InChI=1S/C5H5.C4H10N.CH3.2ClH.H2Si.Zr/c1-2-4-5-3-1;1-4(2,3)5;;;;;/h1-3H,4H2;5H,1-3H3;1H3;2*1H;1H2;/q3*-1;;;;. The van der Waals surface area contributed by atoms with E-state index in [9.17, 15) is 0 Å². The van der Waals surface area contributed by atoms with Gasteiger partial charge in [-0.3, -0.25) is 6.08 Å². The molecular formula is C10H22Cl2NSiZr-3. The van der Waals surface area contributed by atoms with E-state index in [-0.39, 0.29) is 37.8 Å². The Bertz CT molecular complexity index is 140. The van der Waals surface area contributed by atoms with Crippen molar-refractivity contribution >= 4 is 31.7 Å². The number of hydrogen-bond acceptors (Lipinski definition) is 0. The van der Waals surface area contributed by atoms with Crippen LogP contribution in [-0.2, 0) is 23.3 Å². The van der Waals surface area contributed by atoms with Crippen LogP contribution in [0.15, 0.2) is 18.2 Å². The van der Waals surface area contributed by atoms with Crippen LogP contribution in [0, 0.1) is 13.5 Å². The van der Waals surface area contributed by atoms with Crippen LogP contribution in [0.5, 0.6) is 0 Å². The molecule has 1 N–H and O–H groups in total. The average molecular weight is 347 g/mol. The summed E-state index contributed by atoms with van der Waals surface area (Å²) in [4.78, 5) is 0. The SMILES string of the molecule is CC(C)(C)[NH-].Cl.Cl.[C-]1=CC=CC1.[CH3-].[SiH2]=[Zr]. The van der Waals surface area contributed by atoms with E-state index >= 15 is 0 Å². The maximum absolute atomic E-state index is 6.94. The van der Waals surface area contributed by atoms with Crippen molar-refractivity contribution in [1.82, 2.24) is 0 Å². The van der Waals surface area contributed by atoms with E-state index in [0.717, 1.165) is 6.42 Å². The fourth-order valence-electron chi connectivity index (χ4n) is 0.340. The molecule has 0 radical (unpaired) electrons. The van der Waals surface area contributed by atoms with Crippen LogP contribution < -0.4 is 0 Å². The van der Waals surface area contributed by atoms with Gasteiger partial charge in [-0.15, -0.1) is 36.8 Å². The Balaban J connectivity index is -0.0000000326. The summed E-state index contributed by atoms with van der Waals surface area (Å²) >= 11 is 1.58. The molecule has 0 aromatic carbocycles. The molecule has 0 spiro atoms. The van der Waals surface area contributed by atoms with Crippen LogP contribution in [0.1, 0.15) is 27.2 Å². The fraction of sp³-hybridized carbons (Fsp3) is 0.500. The van der Waals surface area contributed by atoms with Crippen molar-refractivity contribution in [2.75, 3.05) is 0 Å². The first-order valence-corrected chi connectivity index (χ1v) is 9.74. The van der Waals surface area contributed by atoms with Crippen LogP contribution in [-0.4, -0.2) is 12.4 Å². The van der Waals surface area contributed by atoms with Crippen LogP contribution in [0.25, 0.3) is 5.73 Å². The molecule has 0 saturated carbocycles. The quantitative estimate of drug-likeness (QED) is 0.473. The van der Waals surface area contributed by atoms with E-state index in [1.54, 1.807) is 23.3 Å². The van der Waals surface area contributed by atoms with E-state index in [1.165, 1.54) is 0 Å². The summed E-state index contributed by atoms with van der Waals surface area (Å²) in [6.45, 7) is 7.51. The summed E-state index contributed by atoms with van der Waals surface area (Å²) < 4.78 is 0. The summed E-state index contributed by atoms with van der Waals surface area (Å²) in [6.07, 6.45) is 10.0. The third-order valence-electron chi connectivity index (χ3n) is 0.586. The normalized spacial score (nSPS) is 10.1. The minimum absolute atomic E-state index is 0. The third-order valence-corrected chi connectivity index (χ3v) is 0.586. The molecule has 0 unspecified atom stereocenters. The second-order valence-corrected chi connectivity index (χ2v) is 3.25. The predicted octanol–water partition coefficient (Wildman–Crippen LogP) is 3.52. The Hall–Kier alpha value is 1.12. The van der Waals surface area contributed by atoms with Gasteiger partial charge in [0.2, 0.25) is 0 Å². The molecule has 0 bridgehead atoms. The Labute approximate surface area is 124 Å². The molecule has 1 rings (SSSR count). The molecule has 1 aliphatic carbocycles. The number of nitrogens with one attached hydrogen (secondary N) is 1. The monoisotopic (exact) mass is 344 g/mol. The van der Waals surface area contributed by atoms with Gasteiger partial charge in [0, 0.05) is 0 Å². The van der Waals surface area contributed by atoms with Gasteiger partial charge in [0.15, 0.2) is 0 Å². The van der Waals surface area contributed by atoms with Crippen molar-refractivity contribution in [2.24, 2.45) is 0 Å². The van der Waals surface area contributed by atoms with Gasteiger partial charge in [0.1, 0.15) is 0 Å². The van der Waals surface area contributed by atoms with Crippen molar-refractivity contribution in [3.8, 4) is 0 Å². The second-order valence-electron chi connectivity index (χ2n) is 3.25. The molecule has 0 atom stereocenters. The van der Waals surface area contributed by atoms with Gasteiger partial charge in [-0.05, 0) is 0 Å². The number of rotatable bonds is 0. The van der Waals surface area contributed by atoms with Crippen LogP contribution in [0.3, 0.4) is 0 Å². The maximum atomic E-state index is 6.94. The van der Waals surface area contributed by atoms with Gasteiger partial charge in [-0.1, -0.05) is 20.8 Å². The first-order valence-electron chi connectivity index (χ1n) is 3.82. The molecule has 0 aliphatic heterocycles. The van der Waals surface area contributed by atoms with E-state index in [2.05, 4.69) is 12.2 Å². The summed E-state index contributed by atoms with van der Waals surface area (Å²) in [5.74, 6) is 0. The molecule has 5 heteroatoms. The Morgan fingerprint density at radius 1 is 1.27 bits per heavy atom. The molecule has 0 fully saturated rings. The Kier molecular flexibility index (Phi) is 40.8. The van der Waals surface area contributed by atoms with Crippen molar-refractivity contribution in [1.29, 1.82) is 0 Å². The van der Waals surface area contributed by atoms with Gasteiger partial charge in [-0.2, -0.15) is 6.08 Å². The summed E-state index contributed by atoms with van der Waals surface area (Å²) in [5, 5.41) is 0. The van der Waals surface area contributed by atoms with Crippen LogP contribution in [0.2, 0.25) is 0 Å². The Morgan fingerprint density at radius 3 is 1.67 bits per heavy atom. The molecule has 0 aromatic rings. The number of halogens is 2. The molecule has 0 aromatic heterocycles. The molecular weight excluding hydrogens is 324 g/mol. The topological polar surface area (TPSA) is 23.8 Å². The van der Waals surface area contributed by atoms with Crippen LogP contribution >= 0.6 is 24.8 Å². The third kappa shape index (κ3) is 69.5. The average Bonchev–Trinajstić information content (AvgIpc) is 2.41. The molecule has 1 aliphatic rings. The first kappa shape index (κ1) is 29.8. The minimum atomic E-state index is -0.250. The van der Waals surface area contributed by atoms with Crippen molar-refractivity contribution in [3.63, 3.8) is 0 Å². The van der Waals surface area contributed by atoms with Gasteiger partial charge in [0.25, 0.3) is 0 Å². The first-order chi connectivity index (χ1) is 5.50. The number of allylic oxidation sites excluding steroid dienone is 4. The molecule has 0 amide bonds. The number of hydrogen-bond donors (Lipinski definition) is 0. The fourth-order valence-corrected chi connectivity index (χ4v) is 0.340. The second kappa shape index (κ2) is 20.5. The predicted molar refractivity (Wildman–Crippen MR) is 75.1 cm³/mol.